The average molecular weight is 367 g/mol. The van der Waals surface area contributed by atoms with Gasteiger partial charge in [-0.05, 0) is 49.6 Å². The molecule has 2 fully saturated rings. The van der Waals surface area contributed by atoms with Gasteiger partial charge in [-0.1, -0.05) is 0 Å². The van der Waals surface area contributed by atoms with Gasteiger partial charge in [0.2, 0.25) is 5.88 Å². The Bertz CT molecular complexity index is 835. The van der Waals surface area contributed by atoms with Crippen LogP contribution >= 0.6 is 0 Å². The number of hydrogen-bond donors (Lipinski definition) is 0. The van der Waals surface area contributed by atoms with Gasteiger partial charge >= 0.3 is 12.0 Å². The molecule has 0 spiro atoms. The van der Waals surface area contributed by atoms with Crippen LogP contribution in [0.2, 0.25) is 0 Å². The molecule has 0 bridgehead atoms. The summed E-state index contributed by atoms with van der Waals surface area (Å²) in [7, 11) is 1.34. The monoisotopic (exact) mass is 367 g/mol. The maximum Gasteiger partial charge on any atom is 0.337 e. The van der Waals surface area contributed by atoms with Gasteiger partial charge in [0.05, 0.1) is 30.6 Å². The summed E-state index contributed by atoms with van der Waals surface area (Å²) in [6.45, 7) is 1.56. The van der Waals surface area contributed by atoms with E-state index in [1.54, 1.807) is 41.4 Å². The normalized spacial score (nSPS) is 19.0. The van der Waals surface area contributed by atoms with Crippen LogP contribution in [0.3, 0.4) is 0 Å². The molecule has 2 saturated heterocycles. The highest BCUT2D eigenvalue weighted by Gasteiger charge is 2.39. The van der Waals surface area contributed by atoms with Gasteiger partial charge in [0.15, 0.2) is 0 Å². The first kappa shape index (κ1) is 17.3. The van der Waals surface area contributed by atoms with Crippen LogP contribution in [0.4, 0.5) is 10.5 Å². The molecule has 1 atom stereocenters. The number of pyridine rings is 1. The fraction of sp³-hybridized carbons (Fsp3) is 0.350. The van der Waals surface area contributed by atoms with E-state index in [9.17, 15) is 9.59 Å². The quantitative estimate of drug-likeness (QED) is 0.774. The number of amides is 2. The van der Waals surface area contributed by atoms with Crippen molar-refractivity contribution in [3.05, 3.63) is 48.2 Å². The van der Waals surface area contributed by atoms with Crippen LogP contribution < -0.4 is 9.64 Å². The van der Waals surface area contributed by atoms with Gasteiger partial charge in [0, 0.05) is 19.2 Å². The molecule has 0 aliphatic carbocycles. The van der Waals surface area contributed by atoms with Crippen molar-refractivity contribution in [1.29, 1.82) is 0 Å². The molecule has 2 amide bonds. The fourth-order valence-electron chi connectivity index (χ4n) is 3.59. The molecule has 2 aromatic rings. The molecule has 140 valence electrons. The molecule has 27 heavy (non-hydrogen) atoms. The zero-order chi connectivity index (χ0) is 18.8. The lowest BCUT2D eigenvalue weighted by molar-refractivity contribution is 0.0600. The fourth-order valence-corrected chi connectivity index (χ4v) is 3.59. The number of anilines is 1. The van der Waals surface area contributed by atoms with Crippen LogP contribution in [-0.2, 0) is 4.74 Å². The topological polar surface area (TPSA) is 72.0 Å². The number of hydrogen-bond acceptors (Lipinski definition) is 5. The molecule has 4 rings (SSSR count). The summed E-state index contributed by atoms with van der Waals surface area (Å²) >= 11 is 0. The highest BCUT2D eigenvalue weighted by molar-refractivity contribution is 5.94. The van der Waals surface area contributed by atoms with E-state index in [0.717, 1.165) is 31.6 Å². The molecule has 1 aromatic heterocycles. The lowest BCUT2D eigenvalue weighted by atomic mass is 10.0. The van der Waals surface area contributed by atoms with Crippen molar-refractivity contribution in [3.8, 4) is 11.6 Å². The number of urea groups is 1. The summed E-state index contributed by atoms with van der Waals surface area (Å²) in [6, 6.07) is 10.6. The molecule has 7 heteroatoms. The molecule has 1 aromatic carbocycles. The predicted molar refractivity (Wildman–Crippen MR) is 99.2 cm³/mol. The van der Waals surface area contributed by atoms with E-state index in [-0.39, 0.29) is 6.03 Å². The van der Waals surface area contributed by atoms with Crippen LogP contribution in [0.1, 0.15) is 29.6 Å². The van der Waals surface area contributed by atoms with Gasteiger partial charge in [-0.25, -0.2) is 14.6 Å². The van der Waals surface area contributed by atoms with Gasteiger partial charge in [-0.15, -0.1) is 0 Å². The maximum atomic E-state index is 12.6. The number of fused-ring (bicyclic) bond motifs is 1. The molecular weight excluding hydrogens is 346 g/mol. The van der Waals surface area contributed by atoms with Crippen molar-refractivity contribution in [1.82, 2.24) is 9.88 Å². The molecule has 0 unspecified atom stereocenters. The Balaban J connectivity index is 1.43. The van der Waals surface area contributed by atoms with E-state index < -0.39 is 5.97 Å². The Hall–Kier alpha value is -3.09. The lowest BCUT2D eigenvalue weighted by Crippen LogP contribution is -2.38. The summed E-state index contributed by atoms with van der Waals surface area (Å²) in [5, 5.41) is 0. The number of carbonyl (C=O) groups is 2. The summed E-state index contributed by atoms with van der Waals surface area (Å²) in [5.41, 5.74) is 1.24. The van der Waals surface area contributed by atoms with E-state index in [4.69, 9.17) is 4.74 Å². The number of methoxy groups -OCH3 is 1. The maximum absolute atomic E-state index is 12.6. The largest absolute Gasteiger partial charge is 0.465 e. The van der Waals surface area contributed by atoms with Gasteiger partial charge in [-0.2, -0.15) is 0 Å². The first-order valence-corrected chi connectivity index (χ1v) is 9.06. The van der Waals surface area contributed by atoms with E-state index >= 15 is 0 Å². The highest BCUT2D eigenvalue weighted by Crippen LogP contribution is 2.30. The van der Waals surface area contributed by atoms with Gasteiger partial charge in [0.1, 0.15) is 5.75 Å². The summed E-state index contributed by atoms with van der Waals surface area (Å²) in [6.07, 6.45) is 4.99. The summed E-state index contributed by atoms with van der Waals surface area (Å²) < 4.78 is 10.4. The Labute approximate surface area is 157 Å². The van der Waals surface area contributed by atoms with Gasteiger partial charge < -0.3 is 14.4 Å². The minimum atomic E-state index is -0.393. The zero-order valence-electron chi connectivity index (χ0n) is 15.1. The van der Waals surface area contributed by atoms with Crippen molar-refractivity contribution in [3.63, 3.8) is 0 Å². The van der Waals surface area contributed by atoms with Crippen LogP contribution in [0, 0.1) is 0 Å². The van der Waals surface area contributed by atoms with Crippen LogP contribution in [-0.4, -0.2) is 48.1 Å². The number of carbonyl (C=O) groups excluding carboxylic acids is 2. The van der Waals surface area contributed by atoms with E-state index in [1.807, 2.05) is 11.0 Å². The third-order valence-corrected chi connectivity index (χ3v) is 5.03. The van der Waals surface area contributed by atoms with E-state index in [2.05, 4.69) is 9.72 Å². The van der Waals surface area contributed by atoms with Crippen molar-refractivity contribution in [2.24, 2.45) is 0 Å². The number of ether oxygens (including phenoxy) is 2. The molecule has 7 nitrogen and oxygen atoms in total. The smallest absolute Gasteiger partial charge is 0.337 e. The molecule has 0 N–H and O–H groups in total. The lowest BCUT2D eigenvalue weighted by Gasteiger charge is -2.27. The molecular formula is C20H21N3O4. The van der Waals surface area contributed by atoms with Crippen molar-refractivity contribution in [2.45, 2.75) is 25.3 Å². The first-order chi connectivity index (χ1) is 13.2. The second-order valence-electron chi connectivity index (χ2n) is 6.71. The van der Waals surface area contributed by atoms with Crippen molar-refractivity contribution in [2.75, 3.05) is 25.1 Å². The van der Waals surface area contributed by atoms with Gasteiger partial charge in [-0.3, -0.25) is 4.90 Å². The molecule has 0 radical (unpaired) electrons. The number of esters is 1. The number of nitrogens with zero attached hydrogens (tertiary/aromatic N) is 3. The van der Waals surface area contributed by atoms with Gasteiger partial charge in [0.25, 0.3) is 0 Å². The molecule has 0 saturated carbocycles. The van der Waals surface area contributed by atoms with E-state index in [1.165, 1.54) is 13.5 Å². The first-order valence-electron chi connectivity index (χ1n) is 9.06. The second-order valence-corrected chi connectivity index (χ2v) is 6.71. The SMILES string of the molecule is COC(=O)c1ccc(Oc2ccc(N3C[C@@H]4CCCCN4C3=O)cn2)cc1. The van der Waals surface area contributed by atoms with Crippen LogP contribution in [0.25, 0.3) is 0 Å². The predicted octanol–water partition coefficient (Wildman–Crippen LogP) is 3.46. The minimum absolute atomic E-state index is 0.0635. The van der Waals surface area contributed by atoms with Crippen molar-refractivity contribution < 1.29 is 19.1 Å². The second kappa shape index (κ2) is 7.26. The number of piperidine rings is 1. The number of rotatable bonds is 4. The van der Waals surface area contributed by atoms with Crippen LogP contribution in [0.15, 0.2) is 42.6 Å². The average Bonchev–Trinajstić information content (AvgIpc) is 3.05. The standard InChI is InChI=1S/C20H21N3O4/c1-26-19(24)14-5-8-17(9-6-14)27-18-10-7-15(12-21-18)23-13-16-4-2-3-11-22(16)20(23)25/h5-10,12,16H,2-4,11,13H2,1H3/t16-/m0/s1. The van der Waals surface area contributed by atoms with E-state index in [0.29, 0.717) is 23.2 Å². The Morgan fingerprint density at radius 1 is 1.15 bits per heavy atom. The third-order valence-electron chi connectivity index (χ3n) is 5.03. The third kappa shape index (κ3) is 3.45. The molecule has 2 aliphatic rings. The Kier molecular flexibility index (Phi) is 4.66. The Morgan fingerprint density at radius 3 is 2.63 bits per heavy atom. The Morgan fingerprint density at radius 2 is 1.96 bits per heavy atom. The van der Waals surface area contributed by atoms with Crippen LogP contribution in [0.5, 0.6) is 11.6 Å². The number of aromatic nitrogens is 1. The molecule has 3 heterocycles. The van der Waals surface area contributed by atoms with Crippen molar-refractivity contribution >= 4 is 17.7 Å². The summed E-state index contributed by atoms with van der Waals surface area (Å²) in [4.78, 5) is 32.1. The molecule has 2 aliphatic heterocycles. The number of benzene rings is 1. The highest BCUT2D eigenvalue weighted by atomic mass is 16.5. The zero-order valence-corrected chi connectivity index (χ0v) is 15.1. The summed E-state index contributed by atoms with van der Waals surface area (Å²) in [5.74, 6) is 0.599. The minimum Gasteiger partial charge on any atom is -0.465 e.